The lowest BCUT2D eigenvalue weighted by atomic mass is 9.98. The van der Waals surface area contributed by atoms with E-state index in [1.807, 2.05) is 12.1 Å². The summed E-state index contributed by atoms with van der Waals surface area (Å²) in [6.07, 6.45) is 1.07. The smallest absolute Gasteiger partial charge is 0.134 e. The molecule has 16 heavy (non-hydrogen) atoms. The SMILES string of the molecule is CCC(C)[C@@H](N)c1cc2c(C)cccc2o1. The molecule has 0 aliphatic carbocycles. The summed E-state index contributed by atoms with van der Waals surface area (Å²) in [7, 11) is 0. The van der Waals surface area contributed by atoms with Crippen molar-refractivity contribution in [1.82, 2.24) is 0 Å². The lowest BCUT2D eigenvalue weighted by molar-refractivity contribution is 0.388. The molecule has 1 aromatic heterocycles. The first kappa shape index (κ1) is 11.2. The Morgan fingerprint density at radius 1 is 1.38 bits per heavy atom. The Bertz CT molecular complexity index is 486. The minimum Gasteiger partial charge on any atom is -0.459 e. The molecule has 86 valence electrons. The van der Waals surface area contributed by atoms with Crippen molar-refractivity contribution < 1.29 is 4.42 Å². The molecule has 0 saturated carbocycles. The first-order valence-electron chi connectivity index (χ1n) is 5.88. The second kappa shape index (κ2) is 4.30. The van der Waals surface area contributed by atoms with Gasteiger partial charge in [0.1, 0.15) is 11.3 Å². The van der Waals surface area contributed by atoms with Crippen molar-refractivity contribution >= 4 is 11.0 Å². The molecule has 0 fully saturated rings. The summed E-state index contributed by atoms with van der Waals surface area (Å²) < 4.78 is 5.81. The van der Waals surface area contributed by atoms with Crippen molar-refractivity contribution in [3.8, 4) is 0 Å². The zero-order chi connectivity index (χ0) is 11.7. The van der Waals surface area contributed by atoms with Crippen molar-refractivity contribution in [3.05, 3.63) is 35.6 Å². The molecule has 1 unspecified atom stereocenters. The monoisotopic (exact) mass is 217 g/mol. The van der Waals surface area contributed by atoms with Crippen molar-refractivity contribution in [2.75, 3.05) is 0 Å². The molecule has 2 nitrogen and oxygen atoms in total. The Morgan fingerprint density at radius 2 is 2.12 bits per heavy atom. The second-order valence-corrected chi connectivity index (χ2v) is 4.55. The molecule has 0 amide bonds. The minimum atomic E-state index is -0.00296. The van der Waals surface area contributed by atoms with Crippen LogP contribution < -0.4 is 5.73 Å². The summed E-state index contributed by atoms with van der Waals surface area (Å²) in [5.41, 5.74) is 8.35. The molecule has 0 aliphatic heterocycles. The highest BCUT2D eigenvalue weighted by Gasteiger charge is 2.17. The molecule has 0 spiro atoms. The molecule has 0 aliphatic rings. The number of aryl methyl sites for hydroxylation is 1. The van der Waals surface area contributed by atoms with Crippen LogP contribution in [0, 0.1) is 12.8 Å². The van der Waals surface area contributed by atoms with Crippen molar-refractivity contribution in [2.45, 2.75) is 33.2 Å². The molecule has 0 radical (unpaired) electrons. The molecule has 2 rings (SSSR count). The summed E-state index contributed by atoms with van der Waals surface area (Å²) in [6.45, 7) is 6.40. The third kappa shape index (κ3) is 1.85. The van der Waals surface area contributed by atoms with Gasteiger partial charge in [-0.25, -0.2) is 0 Å². The fourth-order valence-electron chi connectivity index (χ4n) is 1.93. The van der Waals surface area contributed by atoms with Gasteiger partial charge in [-0.05, 0) is 30.5 Å². The van der Waals surface area contributed by atoms with Gasteiger partial charge < -0.3 is 10.2 Å². The molecule has 2 heteroatoms. The van der Waals surface area contributed by atoms with Gasteiger partial charge in [0, 0.05) is 5.39 Å². The summed E-state index contributed by atoms with van der Waals surface area (Å²) >= 11 is 0. The summed E-state index contributed by atoms with van der Waals surface area (Å²) in [5, 5.41) is 1.18. The maximum atomic E-state index is 6.17. The molecule has 2 atom stereocenters. The van der Waals surface area contributed by atoms with E-state index >= 15 is 0 Å². The number of benzene rings is 1. The number of hydrogen-bond acceptors (Lipinski definition) is 2. The van der Waals surface area contributed by atoms with Crippen molar-refractivity contribution in [3.63, 3.8) is 0 Å². The van der Waals surface area contributed by atoms with Crippen molar-refractivity contribution in [1.29, 1.82) is 0 Å². The van der Waals surface area contributed by atoms with Gasteiger partial charge in [0.2, 0.25) is 0 Å². The number of furan rings is 1. The first-order chi connectivity index (χ1) is 7.63. The molecule has 2 aromatic rings. The molecule has 0 bridgehead atoms. The third-order valence-corrected chi connectivity index (χ3v) is 3.38. The van der Waals surface area contributed by atoms with E-state index in [1.54, 1.807) is 0 Å². The maximum Gasteiger partial charge on any atom is 0.134 e. The Balaban J connectivity index is 2.43. The van der Waals surface area contributed by atoms with Gasteiger partial charge >= 0.3 is 0 Å². The van der Waals surface area contributed by atoms with Gasteiger partial charge in [0.05, 0.1) is 6.04 Å². The van der Waals surface area contributed by atoms with E-state index in [-0.39, 0.29) is 6.04 Å². The average Bonchev–Trinajstić information content (AvgIpc) is 2.72. The van der Waals surface area contributed by atoms with Crippen LogP contribution in [-0.4, -0.2) is 0 Å². The number of hydrogen-bond donors (Lipinski definition) is 1. The molecular formula is C14H19NO. The summed E-state index contributed by atoms with van der Waals surface area (Å²) in [5.74, 6) is 1.35. The Labute approximate surface area is 96.4 Å². The van der Waals surface area contributed by atoms with Crippen LogP contribution in [0.4, 0.5) is 0 Å². The highest BCUT2D eigenvalue weighted by Crippen LogP contribution is 2.29. The molecule has 1 heterocycles. The van der Waals surface area contributed by atoms with Crippen LogP contribution in [0.1, 0.15) is 37.6 Å². The van der Waals surface area contributed by atoms with E-state index in [1.165, 1.54) is 10.9 Å². The summed E-state index contributed by atoms with van der Waals surface area (Å²) in [6, 6.07) is 8.18. The van der Waals surface area contributed by atoms with Gasteiger partial charge in [-0.1, -0.05) is 32.4 Å². The maximum absolute atomic E-state index is 6.17. The lowest BCUT2D eigenvalue weighted by Crippen LogP contribution is -2.17. The molecule has 0 saturated heterocycles. The highest BCUT2D eigenvalue weighted by atomic mass is 16.3. The normalized spacial score (nSPS) is 15.2. The van der Waals surface area contributed by atoms with Gasteiger partial charge in [-0.3, -0.25) is 0 Å². The van der Waals surface area contributed by atoms with Crippen LogP contribution in [-0.2, 0) is 0 Å². The Hall–Kier alpha value is -1.28. The quantitative estimate of drug-likeness (QED) is 0.849. The number of fused-ring (bicyclic) bond motifs is 1. The van der Waals surface area contributed by atoms with Crippen LogP contribution in [0.3, 0.4) is 0 Å². The fraction of sp³-hybridized carbons (Fsp3) is 0.429. The van der Waals surface area contributed by atoms with Gasteiger partial charge in [0.25, 0.3) is 0 Å². The van der Waals surface area contributed by atoms with Gasteiger partial charge in [0.15, 0.2) is 0 Å². The van der Waals surface area contributed by atoms with Crippen LogP contribution in [0.15, 0.2) is 28.7 Å². The summed E-state index contributed by atoms with van der Waals surface area (Å²) in [4.78, 5) is 0. The van der Waals surface area contributed by atoms with Crippen LogP contribution in [0.5, 0.6) is 0 Å². The van der Waals surface area contributed by atoms with Gasteiger partial charge in [-0.2, -0.15) is 0 Å². The molecular weight excluding hydrogens is 198 g/mol. The minimum absolute atomic E-state index is 0.00296. The second-order valence-electron chi connectivity index (χ2n) is 4.55. The largest absolute Gasteiger partial charge is 0.459 e. The Morgan fingerprint density at radius 3 is 2.75 bits per heavy atom. The average molecular weight is 217 g/mol. The highest BCUT2D eigenvalue weighted by molar-refractivity contribution is 5.81. The van der Waals surface area contributed by atoms with E-state index in [9.17, 15) is 0 Å². The van der Waals surface area contributed by atoms with E-state index in [2.05, 4.69) is 32.9 Å². The van der Waals surface area contributed by atoms with E-state index in [0.29, 0.717) is 5.92 Å². The van der Waals surface area contributed by atoms with E-state index < -0.39 is 0 Å². The zero-order valence-electron chi connectivity index (χ0n) is 10.2. The van der Waals surface area contributed by atoms with Crippen molar-refractivity contribution in [2.24, 2.45) is 11.7 Å². The number of rotatable bonds is 3. The predicted molar refractivity (Wildman–Crippen MR) is 67.3 cm³/mol. The van der Waals surface area contributed by atoms with Crippen LogP contribution in [0.25, 0.3) is 11.0 Å². The number of nitrogens with two attached hydrogens (primary N) is 1. The fourth-order valence-corrected chi connectivity index (χ4v) is 1.93. The topological polar surface area (TPSA) is 39.2 Å². The van der Waals surface area contributed by atoms with Crippen LogP contribution in [0.2, 0.25) is 0 Å². The van der Waals surface area contributed by atoms with Gasteiger partial charge in [-0.15, -0.1) is 0 Å². The third-order valence-electron chi connectivity index (χ3n) is 3.38. The first-order valence-corrected chi connectivity index (χ1v) is 5.88. The standard InChI is InChI=1S/C14H19NO/c1-4-9(2)14(15)13-8-11-10(3)6-5-7-12(11)16-13/h5-9,14H,4,15H2,1-3H3/t9?,14-/m1/s1. The lowest BCUT2D eigenvalue weighted by Gasteiger charge is -2.15. The Kier molecular flexibility index (Phi) is 3.01. The molecule has 2 N–H and O–H groups in total. The van der Waals surface area contributed by atoms with E-state index in [0.717, 1.165) is 17.8 Å². The van der Waals surface area contributed by atoms with Crippen LogP contribution >= 0.6 is 0 Å². The molecule has 1 aromatic carbocycles. The predicted octanol–water partition coefficient (Wildman–Crippen LogP) is 3.79. The van der Waals surface area contributed by atoms with E-state index in [4.69, 9.17) is 10.2 Å². The zero-order valence-corrected chi connectivity index (χ0v) is 10.2.